The van der Waals surface area contributed by atoms with Crippen molar-refractivity contribution >= 4 is 22.2 Å². The molecule has 0 fully saturated rings. The summed E-state index contributed by atoms with van der Waals surface area (Å²) in [5.41, 5.74) is 1.04. The Morgan fingerprint density at radius 1 is 1.35 bits per heavy atom. The molecule has 1 N–H and O–H groups in total. The SMILES string of the molecule is COc1ccccc1CCC(=O)NCCc1nn2cnnc2s1. The molecule has 0 aliphatic rings. The molecule has 1 amide bonds. The number of hydrogen-bond donors (Lipinski definition) is 1. The van der Waals surface area contributed by atoms with Gasteiger partial charge in [0.15, 0.2) is 0 Å². The summed E-state index contributed by atoms with van der Waals surface area (Å²) >= 11 is 1.48. The van der Waals surface area contributed by atoms with E-state index in [-0.39, 0.29) is 5.91 Å². The van der Waals surface area contributed by atoms with Crippen LogP contribution in [0.2, 0.25) is 0 Å². The predicted octanol–water partition coefficient (Wildman–Crippen LogP) is 1.49. The fourth-order valence-electron chi connectivity index (χ4n) is 2.26. The minimum Gasteiger partial charge on any atom is -0.496 e. The molecule has 0 saturated heterocycles. The summed E-state index contributed by atoms with van der Waals surface area (Å²) in [4.78, 5) is 12.7. The van der Waals surface area contributed by atoms with Crippen LogP contribution >= 0.6 is 11.3 Å². The Kier molecular flexibility index (Phi) is 4.82. The molecule has 120 valence electrons. The maximum absolute atomic E-state index is 11.9. The van der Waals surface area contributed by atoms with E-state index in [1.54, 1.807) is 18.0 Å². The number of rotatable bonds is 7. The molecule has 2 heterocycles. The molecule has 0 aliphatic carbocycles. The Morgan fingerprint density at radius 3 is 3.04 bits per heavy atom. The monoisotopic (exact) mass is 331 g/mol. The second-order valence-corrected chi connectivity index (χ2v) is 6.01. The number of aromatic nitrogens is 4. The van der Waals surface area contributed by atoms with Crippen LogP contribution in [0.1, 0.15) is 17.0 Å². The van der Waals surface area contributed by atoms with Crippen LogP contribution in [-0.4, -0.2) is 39.4 Å². The number of fused-ring (bicyclic) bond motifs is 1. The van der Waals surface area contributed by atoms with Crippen molar-refractivity contribution in [3.8, 4) is 5.75 Å². The highest BCUT2D eigenvalue weighted by atomic mass is 32.1. The van der Waals surface area contributed by atoms with Gasteiger partial charge in [0.05, 0.1) is 7.11 Å². The number of hydrogen-bond acceptors (Lipinski definition) is 6. The van der Waals surface area contributed by atoms with Crippen molar-refractivity contribution < 1.29 is 9.53 Å². The number of nitrogens with one attached hydrogen (secondary N) is 1. The highest BCUT2D eigenvalue weighted by Crippen LogP contribution is 2.18. The fraction of sp³-hybridized carbons (Fsp3) is 0.333. The third-order valence-electron chi connectivity index (χ3n) is 3.40. The molecule has 3 rings (SSSR count). The normalized spacial score (nSPS) is 10.8. The Bertz CT molecular complexity index is 769. The van der Waals surface area contributed by atoms with E-state index in [1.807, 2.05) is 24.3 Å². The number of methoxy groups -OCH3 is 1. The number of amides is 1. The summed E-state index contributed by atoms with van der Waals surface area (Å²) in [6.07, 6.45) is 3.35. The molecule has 2 aromatic heterocycles. The van der Waals surface area contributed by atoms with E-state index in [1.165, 1.54) is 11.3 Å². The van der Waals surface area contributed by atoms with E-state index in [0.29, 0.717) is 25.8 Å². The Hall–Kier alpha value is -2.48. The van der Waals surface area contributed by atoms with Gasteiger partial charge in [0.2, 0.25) is 10.9 Å². The van der Waals surface area contributed by atoms with Crippen LogP contribution in [0.15, 0.2) is 30.6 Å². The van der Waals surface area contributed by atoms with Crippen LogP contribution in [-0.2, 0) is 17.6 Å². The number of aryl methyl sites for hydroxylation is 1. The van der Waals surface area contributed by atoms with Gasteiger partial charge in [-0.05, 0) is 18.1 Å². The summed E-state index contributed by atoms with van der Waals surface area (Å²) in [7, 11) is 1.64. The quantitative estimate of drug-likeness (QED) is 0.709. The van der Waals surface area contributed by atoms with Gasteiger partial charge in [-0.15, -0.1) is 10.2 Å². The molecule has 1 aromatic carbocycles. The summed E-state index contributed by atoms with van der Waals surface area (Å²) < 4.78 is 6.93. The lowest BCUT2D eigenvalue weighted by atomic mass is 10.1. The minimum atomic E-state index is 0.0268. The van der Waals surface area contributed by atoms with Crippen molar-refractivity contribution in [3.05, 3.63) is 41.2 Å². The number of benzene rings is 1. The molecule has 0 bridgehead atoms. The van der Waals surface area contributed by atoms with Crippen molar-refractivity contribution in [2.24, 2.45) is 0 Å². The zero-order chi connectivity index (χ0) is 16.1. The molecular weight excluding hydrogens is 314 g/mol. The molecule has 3 aromatic rings. The molecule has 0 saturated carbocycles. The third kappa shape index (κ3) is 3.84. The first-order valence-corrected chi connectivity index (χ1v) is 8.12. The molecule has 23 heavy (non-hydrogen) atoms. The van der Waals surface area contributed by atoms with Crippen LogP contribution < -0.4 is 10.1 Å². The van der Waals surface area contributed by atoms with Gasteiger partial charge in [-0.3, -0.25) is 4.79 Å². The maximum Gasteiger partial charge on any atom is 0.234 e. The van der Waals surface area contributed by atoms with Gasteiger partial charge in [0, 0.05) is 19.4 Å². The average Bonchev–Trinajstić information content (AvgIpc) is 3.14. The van der Waals surface area contributed by atoms with Crippen LogP contribution in [0.5, 0.6) is 5.75 Å². The van der Waals surface area contributed by atoms with Gasteiger partial charge in [-0.1, -0.05) is 29.5 Å². The van der Waals surface area contributed by atoms with Crippen molar-refractivity contribution in [3.63, 3.8) is 0 Å². The fourth-order valence-corrected chi connectivity index (χ4v) is 3.07. The lowest BCUT2D eigenvalue weighted by molar-refractivity contribution is -0.121. The Morgan fingerprint density at radius 2 is 2.22 bits per heavy atom. The van der Waals surface area contributed by atoms with Crippen LogP contribution in [0.4, 0.5) is 0 Å². The molecule has 0 aliphatic heterocycles. The van der Waals surface area contributed by atoms with Gasteiger partial charge < -0.3 is 10.1 Å². The largest absolute Gasteiger partial charge is 0.496 e. The highest BCUT2D eigenvalue weighted by Gasteiger charge is 2.08. The third-order valence-corrected chi connectivity index (χ3v) is 4.38. The second-order valence-electron chi connectivity index (χ2n) is 4.97. The van der Waals surface area contributed by atoms with Gasteiger partial charge in [-0.2, -0.15) is 9.61 Å². The number of ether oxygens (including phenoxy) is 1. The van der Waals surface area contributed by atoms with E-state index in [9.17, 15) is 4.79 Å². The lowest BCUT2D eigenvalue weighted by Gasteiger charge is -2.08. The van der Waals surface area contributed by atoms with E-state index < -0.39 is 0 Å². The first-order valence-electron chi connectivity index (χ1n) is 7.30. The number of para-hydroxylation sites is 1. The summed E-state index contributed by atoms with van der Waals surface area (Å²) in [5, 5.41) is 15.9. The van der Waals surface area contributed by atoms with E-state index in [0.717, 1.165) is 21.3 Å². The highest BCUT2D eigenvalue weighted by molar-refractivity contribution is 7.16. The summed E-state index contributed by atoms with van der Waals surface area (Å²) in [6, 6.07) is 7.75. The zero-order valence-corrected chi connectivity index (χ0v) is 13.5. The van der Waals surface area contributed by atoms with E-state index in [2.05, 4.69) is 20.6 Å². The topological polar surface area (TPSA) is 81.4 Å². The van der Waals surface area contributed by atoms with Crippen molar-refractivity contribution in [2.45, 2.75) is 19.3 Å². The predicted molar refractivity (Wildman–Crippen MR) is 86.7 cm³/mol. The second kappa shape index (κ2) is 7.19. The number of nitrogens with zero attached hydrogens (tertiary/aromatic N) is 4. The van der Waals surface area contributed by atoms with Crippen molar-refractivity contribution in [2.75, 3.05) is 13.7 Å². The van der Waals surface area contributed by atoms with Crippen molar-refractivity contribution in [1.82, 2.24) is 25.1 Å². The first kappa shape index (κ1) is 15.4. The molecule has 8 heteroatoms. The number of carbonyl (C=O) groups is 1. The average molecular weight is 331 g/mol. The summed E-state index contributed by atoms with van der Waals surface area (Å²) in [6.45, 7) is 0.564. The maximum atomic E-state index is 11.9. The standard InChI is InChI=1S/C15H17N5O2S/c1-22-12-5-3-2-4-11(12)6-7-13(21)16-9-8-14-19-20-10-17-18-15(20)23-14/h2-5,10H,6-9H2,1H3,(H,16,21). The van der Waals surface area contributed by atoms with Gasteiger partial charge in [-0.25, -0.2) is 0 Å². The van der Waals surface area contributed by atoms with Gasteiger partial charge in [0.1, 0.15) is 17.1 Å². The van der Waals surface area contributed by atoms with Gasteiger partial charge >= 0.3 is 0 Å². The molecule has 0 spiro atoms. The van der Waals surface area contributed by atoms with Crippen LogP contribution in [0.3, 0.4) is 0 Å². The first-order chi connectivity index (χ1) is 11.3. The zero-order valence-electron chi connectivity index (χ0n) is 12.7. The Balaban J connectivity index is 1.43. The minimum absolute atomic E-state index is 0.0268. The van der Waals surface area contributed by atoms with E-state index >= 15 is 0 Å². The van der Waals surface area contributed by atoms with Crippen molar-refractivity contribution in [1.29, 1.82) is 0 Å². The lowest BCUT2D eigenvalue weighted by Crippen LogP contribution is -2.25. The molecule has 7 nitrogen and oxygen atoms in total. The van der Waals surface area contributed by atoms with Gasteiger partial charge in [0.25, 0.3) is 0 Å². The molecular formula is C15H17N5O2S. The van der Waals surface area contributed by atoms with Crippen LogP contribution in [0, 0.1) is 0 Å². The molecule has 0 unspecified atom stereocenters. The number of carbonyl (C=O) groups excluding carboxylic acids is 1. The Labute approximate surface area is 137 Å². The molecule has 0 radical (unpaired) electrons. The smallest absolute Gasteiger partial charge is 0.234 e. The van der Waals surface area contributed by atoms with E-state index in [4.69, 9.17) is 4.74 Å². The van der Waals surface area contributed by atoms with Crippen LogP contribution in [0.25, 0.3) is 4.96 Å². The summed E-state index contributed by atoms with van der Waals surface area (Å²) in [5.74, 6) is 0.846. The molecule has 0 atom stereocenters.